The molecule has 18 heavy (non-hydrogen) atoms. The van der Waals surface area contributed by atoms with Crippen LogP contribution in [0.1, 0.15) is 0 Å². The van der Waals surface area contributed by atoms with Crippen LogP contribution >= 0.6 is 11.6 Å². The summed E-state index contributed by atoms with van der Waals surface area (Å²) in [6.07, 6.45) is 2.98. The van der Waals surface area contributed by atoms with Gasteiger partial charge in [0.1, 0.15) is 17.4 Å². The molecule has 0 aliphatic rings. The third kappa shape index (κ3) is 4.10. The van der Waals surface area contributed by atoms with Gasteiger partial charge in [-0.2, -0.15) is 0 Å². The number of nitrogens with one attached hydrogen (secondary N) is 1. The highest BCUT2D eigenvalue weighted by atomic mass is 35.5. The van der Waals surface area contributed by atoms with Crippen LogP contribution in [0.4, 0.5) is 10.1 Å². The number of halogens is 2. The van der Waals surface area contributed by atoms with Crippen LogP contribution in [0, 0.1) is 5.82 Å². The van der Waals surface area contributed by atoms with Crippen molar-refractivity contribution < 1.29 is 9.13 Å². The molecule has 0 aromatic heterocycles. The summed E-state index contributed by atoms with van der Waals surface area (Å²) in [5.41, 5.74) is 5.45. The Morgan fingerprint density at radius 3 is 2.89 bits per heavy atom. The van der Waals surface area contributed by atoms with Gasteiger partial charge in [-0.3, -0.25) is 0 Å². The van der Waals surface area contributed by atoms with Crippen molar-refractivity contribution in [2.24, 2.45) is 10.7 Å². The molecule has 0 aliphatic heterocycles. The van der Waals surface area contributed by atoms with Gasteiger partial charge in [-0.05, 0) is 29.8 Å². The molecule has 4 nitrogen and oxygen atoms in total. The SMILES string of the molecule is C=C/C=C(\N=C(N)Cl)Nc1cc(OC)ccc1F. The van der Waals surface area contributed by atoms with Gasteiger partial charge in [-0.25, -0.2) is 9.38 Å². The Balaban J connectivity index is 3.04. The summed E-state index contributed by atoms with van der Waals surface area (Å²) in [6, 6.07) is 4.28. The topological polar surface area (TPSA) is 59.6 Å². The van der Waals surface area contributed by atoms with E-state index in [1.54, 1.807) is 0 Å². The van der Waals surface area contributed by atoms with E-state index in [1.807, 2.05) is 0 Å². The van der Waals surface area contributed by atoms with Crippen LogP contribution < -0.4 is 15.8 Å². The van der Waals surface area contributed by atoms with Gasteiger partial charge >= 0.3 is 0 Å². The second-order valence-corrected chi connectivity index (χ2v) is 3.58. The standard InChI is InChI=1S/C12H13ClFN3O/c1-3-4-11(17-12(13)15)16-10-7-8(18-2)5-6-9(10)14/h3-7,16H,1H2,2H3,(H2,15,17)/b11-4-. The first kappa shape index (κ1) is 14.1. The molecule has 3 N–H and O–H groups in total. The molecular formula is C12H13ClFN3O. The molecule has 0 saturated heterocycles. The van der Waals surface area contributed by atoms with Crippen molar-refractivity contribution in [2.75, 3.05) is 12.4 Å². The van der Waals surface area contributed by atoms with Crippen molar-refractivity contribution in [1.29, 1.82) is 0 Å². The number of ether oxygens (including phenoxy) is 1. The molecule has 0 atom stereocenters. The number of anilines is 1. The Morgan fingerprint density at radius 1 is 1.61 bits per heavy atom. The van der Waals surface area contributed by atoms with Gasteiger partial charge in [0.25, 0.3) is 0 Å². The number of methoxy groups -OCH3 is 1. The number of hydrogen-bond acceptors (Lipinski definition) is 3. The Kier molecular flexibility index (Phi) is 5.20. The van der Waals surface area contributed by atoms with E-state index in [2.05, 4.69) is 16.9 Å². The van der Waals surface area contributed by atoms with Crippen LogP contribution in [0.3, 0.4) is 0 Å². The lowest BCUT2D eigenvalue weighted by atomic mass is 10.3. The average Bonchev–Trinajstić information content (AvgIpc) is 2.31. The molecule has 0 amide bonds. The van der Waals surface area contributed by atoms with Crippen LogP contribution in [0.15, 0.2) is 47.7 Å². The van der Waals surface area contributed by atoms with Crippen molar-refractivity contribution in [3.63, 3.8) is 0 Å². The minimum atomic E-state index is -0.450. The maximum atomic E-state index is 13.6. The number of nitrogens with zero attached hydrogens (tertiary/aromatic N) is 1. The highest BCUT2D eigenvalue weighted by Crippen LogP contribution is 2.22. The van der Waals surface area contributed by atoms with E-state index >= 15 is 0 Å². The van der Waals surface area contributed by atoms with E-state index in [1.165, 1.54) is 37.5 Å². The Labute approximate surface area is 110 Å². The van der Waals surface area contributed by atoms with Gasteiger partial charge in [0.2, 0.25) is 0 Å². The lowest BCUT2D eigenvalue weighted by Gasteiger charge is -2.09. The third-order valence-electron chi connectivity index (χ3n) is 1.94. The molecule has 1 aromatic rings. The van der Waals surface area contributed by atoms with Crippen molar-refractivity contribution >= 4 is 22.6 Å². The molecule has 0 unspecified atom stereocenters. The molecule has 0 fully saturated rings. The van der Waals surface area contributed by atoms with E-state index in [0.29, 0.717) is 5.75 Å². The summed E-state index contributed by atoms with van der Waals surface area (Å²) in [5, 5.41) is 2.57. The number of nitrogens with two attached hydrogens (primary N) is 1. The predicted molar refractivity (Wildman–Crippen MR) is 72.3 cm³/mol. The lowest BCUT2D eigenvalue weighted by molar-refractivity contribution is 0.414. The van der Waals surface area contributed by atoms with Crippen LogP contribution in [0.25, 0.3) is 0 Å². The second-order valence-electron chi connectivity index (χ2n) is 3.19. The Morgan fingerprint density at radius 2 is 2.33 bits per heavy atom. The summed E-state index contributed by atoms with van der Waals surface area (Å²) in [6.45, 7) is 3.52. The van der Waals surface area contributed by atoms with Gasteiger partial charge in [0, 0.05) is 6.07 Å². The molecule has 1 rings (SSSR count). The van der Waals surface area contributed by atoms with E-state index in [0.717, 1.165) is 0 Å². The van der Waals surface area contributed by atoms with Crippen LogP contribution in [0.2, 0.25) is 0 Å². The van der Waals surface area contributed by atoms with Crippen molar-refractivity contribution in [1.82, 2.24) is 0 Å². The maximum absolute atomic E-state index is 13.6. The number of benzene rings is 1. The number of aliphatic imine (C=N–C) groups is 1. The van der Waals surface area contributed by atoms with Gasteiger partial charge in [-0.1, -0.05) is 12.7 Å². The van der Waals surface area contributed by atoms with Gasteiger partial charge in [0.15, 0.2) is 5.29 Å². The molecule has 0 saturated carbocycles. The Hall–Kier alpha value is -2.01. The fourth-order valence-electron chi connectivity index (χ4n) is 1.20. The molecule has 0 spiro atoms. The number of rotatable bonds is 5. The van der Waals surface area contributed by atoms with E-state index in [-0.39, 0.29) is 16.8 Å². The van der Waals surface area contributed by atoms with E-state index in [9.17, 15) is 4.39 Å². The normalized spacial score (nSPS) is 12.2. The minimum Gasteiger partial charge on any atom is -0.497 e. The quantitative estimate of drug-likeness (QED) is 0.374. The predicted octanol–water partition coefficient (Wildman–Crippen LogP) is 2.83. The number of amidine groups is 1. The lowest BCUT2D eigenvalue weighted by Crippen LogP contribution is -2.07. The second kappa shape index (κ2) is 6.66. The maximum Gasteiger partial charge on any atom is 0.195 e. The zero-order chi connectivity index (χ0) is 13.5. The summed E-state index contributed by atoms with van der Waals surface area (Å²) in [4.78, 5) is 3.79. The zero-order valence-electron chi connectivity index (χ0n) is 9.78. The van der Waals surface area contributed by atoms with E-state index in [4.69, 9.17) is 22.1 Å². The van der Waals surface area contributed by atoms with Crippen LogP contribution in [-0.2, 0) is 0 Å². The summed E-state index contributed by atoms with van der Waals surface area (Å²) in [7, 11) is 1.49. The number of hydrogen-bond donors (Lipinski definition) is 2. The van der Waals surface area contributed by atoms with Crippen molar-refractivity contribution in [3.05, 3.63) is 48.6 Å². The first-order valence-electron chi connectivity index (χ1n) is 4.99. The molecular weight excluding hydrogens is 257 g/mol. The third-order valence-corrected chi connectivity index (χ3v) is 2.02. The first-order chi connectivity index (χ1) is 8.56. The monoisotopic (exact) mass is 269 g/mol. The fourth-order valence-corrected chi connectivity index (χ4v) is 1.29. The van der Waals surface area contributed by atoms with E-state index < -0.39 is 5.82 Å². The highest BCUT2D eigenvalue weighted by Gasteiger charge is 2.05. The molecule has 1 aromatic carbocycles. The minimum absolute atomic E-state index is 0.168. The molecule has 0 radical (unpaired) electrons. The average molecular weight is 270 g/mol. The smallest absolute Gasteiger partial charge is 0.195 e. The zero-order valence-corrected chi connectivity index (χ0v) is 10.5. The molecule has 6 heteroatoms. The Bertz CT molecular complexity index is 496. The molecule has 0 heterocycles. The fraction of sp³-hybridized carbons (Fsp3) is 0.0833. The molecule has 0 bridgehead atoms. The van der Waals surface area contributed by atoms with Gasteiger partial charge in [-0.15, -0.1) is 0 Å². The van der Waals surface area contributed by atoms with Gasteiger partial charge < -0.3 is 15.8 Å². The molecule has 96 valence electrons. The van der Waals surface area contributed by atoms with Gasteiger partial charge in [0.05, 0.1) is 12.8 Å². The molecule has 0 aliphatic carbocycles. The summed E-state index contributed by atoms with van der Waals surface area (Å²) < 4.78 is 18.6. The summed E-state index contributed by atoms with van der Waals surface area (Å²) >= 11 is 5.47. The van der Waals surface area contributed by atoms with Crippen LogP contribution in [0.5, 0.6) is 5.75 Å². The van der Waals surface area contributed by atoms with Crippen LogP contribution in [-0.4, -0.2) is 12.4 Å². The van der Waals surface area contributed by atoms with Crippen molar-refractivity contribution in [3.8, 4) is 5.75 Å². The first-order valence-corrected chi connectivity index (χ1v) is 5.37. The number of allylic oxidation sites excluding steroid dienone is 2. The largest absolute Gasteiger partial charge is 0.497 e. The van der Waals surface area contributed by atoms with Crippen molar-refractivity contribution in [2.45, 2.75) is 0 Å². The summed E-state index contributed by atoms with van der Waals surface area (Å²) in [5.74, 6) is 0.332. The highest BCUT2D eigenvalue weighted by molar-refractivity contribution is 6.64.